The van der Waals surface area contributed by atoms with Gasteiger partial charge in [-0.15, -0.1) is 0 Å². The number of nitrogens with zero attached hydrogens (tertiary/aromatic N) is 1. The Hall–Kier alpha value is -2.85. The molecule has 1 heterocycles. The molecule has 3 rings (SSSR count). The normalized spacial score (nSPS) is 15.2. The number of rotatable bonds is 9. The zero-order chi connectivity index (χ0) is 24.7. The van der Waals surface area contributed by atoms with Crippen molar-refractivity contribution < 1.29 is 27.5 Å². The average molecular weight is 509 g/mol. The predicted molar refractivity (Wildman–Crippen MR) is 131 cm³/mol. The average Bonchev–Trinajstić information content (AvgIpc) is 3.06. The van der Waals surface area contributed by atoms with Crippen LogP contribution in [0.1, 0.15) is 36.8 Å². The monoisotopic (exact) mass is 508 g/mol. The van der Waals surface area contributed by atoms with Crippen molar-refractivity contribution in [3.05, 3.63) is 64.6 Å². The third-order valence-electron chi connectivity index (χ3n) is 5.09. The quantitative estimate of drug-likeness (QED) is 0.251. The molecule has 1 aliphatic heterocycles. The van der Waals surface area contributed by atoms with Crippen LogP contribution in [0.2, 0.25) is 0 Å². The number of nitrogens with one attached hydrogen (secondary N) is 1. The Balaban J connectivity index is 1.46. The highest BCUT2D eigenvalue weighted by molar-refractivity contribution is 8.26. The summed E-state index contributed by atoms with van der Waals surface area (Å²) in [5.41, 5.74) is -0.345. The van der Waals surface area contributed by atoms with Crippen LogP contribution in [0.15, 0.2) is 53.4 Å². The van der Waals surface area contributed by atoms with Gasteiger partial charge in [0.1, 0.15) is 10.1 Å². The van der Waals surface area contributed by atoms with Gasteiger partial charge >= 0.3 is 6.18 Å². The fourth-order valence-electron chi connectivity index (χ4n) is 3.40. The number of carbonyl (C=O) groups excluding carboxylic acids is 2. The van der Waals surface area contributed by atoms with Crippen molar-refractivity contribution in [3.8, 4) is 5.75 Å². The van der Waals surface area contributed by atoms with E-state index in [9.17, 15) is 22.8 Å². The molecular formula is C24H23F3N2O3S2. The van der Waals surface area contributed by atoms with Crippen LogP contribution in [0.4, 0.5) is 18.9 Å². The van der Waals surface area contributed by atoms with Crippen LogP contribution >= 0.6 is 24.0 Å². The maximum absolute atomic E-state index is 13.0. The zero-order valence-electron chi connectivity index (χ0n) is 18.4. The van der Waals surface area contributed by atoms with Crippen molar-refractivity contribution in [2.24, 2.45) is 0 Å². The molecule has 34 heavy (non-hydrogen) atoms. The number of para-hydroxylation sites is 2. The van der Waals surface area contributed by atoms with Crippen LogP contribution in [-0.2, 0) is 15.8 Å². The lowest BCUT2D eigenvalue weighted by molar-refractivity contribution is -0.137. The van der Waals surface area contributed by atoms with Gasteiger partial charge in [0.05, 0.1) is 23.3 Å². The molecule has 1 saturated heterocycles. The van der Waals surface area contributed by atoms with Gasteiger partial charge in [-0.2, -0.15) is 13.2 Å². The minimum atomic E-state index is -4.54. The van der Waals surface area contributed by atoms with Gasteiger partial charge < -0.3 is 10.1 Å². The number of alkyl halides is 3. The molecule has 1 N–H and O–H groups in total. The van der Waals surface area contributed by atoms with Gasteiger partial charge in [0.2, 0.25) is 5.91 Å². The molecule has 0 aromatic heterocycles. The first kappa shape index (κ1) is 25.8. The van der Waals surface area contributed by atoms with E-state index in [1.807, 2.05) is 24.3 Å². The van der Waals surface area contributed by atoms with Crippen molar-refractivity contribution in [3.63, 3.8) is 0 Å². The number of carbonyl (C=O) groups is 2. The van der Waals surface area contributed by atoms with Gasteiger partial charge in [0.15, 0.2) is 0 Å². The number of hydrogen-bond donors (Lipinski definition) is 1. The van der Waals surface area contributed by atoms with Crippen LogP contribution in [-0.4, -0.2) is 34.7 Å². The summed E-state index contributed by atoms with van der Waals surface area (Å²) in [6, 6.07) is 12.2. The first-order valence-electron chi connectivity index (χ1n) is 10.5. The van der Waals surface area contributed by atoms with E-state index in [4.69, 9.17) is 17.0 Å². The molecule has 10 heteroatoms. The molecule has 5 nitrogen and oxygen atoms in total. The fraction of sp³-hybridized carbons (Fsp3) is 0.292. The Bertz CT molecular complexity index is 1100. The van der Waals surface area contributed by atoms with E-state index in [1.54, 1.807) is 13.2 Å². The molecule has 0 bridgehead atoms. The van der Waals surface area contributed by atoms with Crippen molar-refractivity contribution in [2.45, 2.75) is 31.9 Å². The maximum atomic E-state index is 13.0. The number of ether oxygens (including phenoxy) is 1. The second-order valence-corrected chi connectivity index (χ2v) is 9.15. The van der Waals surface area contributed by atoms with Crippen LogP contribution in [0, 0.1) is 0 Å². The fourth-order valence-corrected chi connectivity index (χ4v) is 4.70. The molecule has 0 aliphatic carbocycles. The molecule has 0 saturated carbocycles. The molecule has 0 unspecified atom stereocenters. The third-order valence-corrected chi connectivity index (χ3v) is 6.47. The van der Waals surface area contributed by atoms with Gasteiger partial charge in [-0.3, -0.25) is 14.5 Å². The molecular weight excluding hydrogens is 485 g/mol. The molecule has 0 atom stereocenters. The molecule has 1 aliphatic rings. The second-order valence-electron chi connectivity index (χ2n) is 7.48. The van der Waals surface area contributed by atoms with Crippen LogP contribution in [0.5, 0.6) is 5.75 Å². The highest BCUT2D eigenvalue weighted by Gasteiger charge is 2.34. The Morgan fingerprint density at radius 3 is 2.56 bits per heavy atom. The summed E-state index contributed by atoms with van der Waals surface area (Å²) in [7, 11) is 1.56. The number of hydrogen-bond acceptors (Lipinski definition) is 5. The Labute approximate surface area is 205 Å². The SMILES string of the molecule is COc1ccccc1/C=C1\SC(=S)N(CCCCCC(=O)Nc2ccccc2C(F)(F)F)C1=O. The Morgan fingerprint density at radius 2 is 1.82 bits per heavy atom. The molecule has 2 aromatic rings. The number of methoxy groups -OCH3 is 1. The van der Waals surface area contributed by atoms with Crippen molar-refractivity contribution in [1.29, 1.82) is 0 Å². The van der Waals surface area contributed by atoms with Crippen molar-refractivity contribution in [2.75, 3.05) is 19.0 Å². The first-order chi connectivity index (χ1) is 16.2. The third kappa shape index (κ3) is 6.60. The van der Waals surface area contributed by atoms with E-state index in [0.29, 0.717) is 40.8 Å². The Morgan fingerprint density at radius 1 is 1.12 bits per heavy atom. The van der Waals surface area contributed by atoms with Gasteiger partial charge in [0, 0.05) is 18.5 Å². The summed E-state index contributed by atoms with van der Waals surface area (Å²) >= 11 is 6.57. The molecule has 2 amide bonds. The number of thiocarbonyl (C=S) groups is 1. The maximum Gasteiger partial charge on any atom is 0.418 e. The van der Waals surface area contributed by atoms with Gasteiger partial charge in [-0.05, 0) is 37.1 Å². The molecule has 2 aromatic carbocycles. The smallest absolute Gasteiger partial charge is 0.418 e. The standard InChI is InChI=1S/C24H23F3N2O3S2/c1-32-19-12-7-4-9-16(19)15-20-22(31)29(23(33)34-20)14-8-2-3-13-21(30)28-18-11-6-5-10-17(18)24(25,26)27/h4-7,9-12,15H,2-3,8,13-14H2,1H3,(H,28,30)/b20-15-. The summed E-state index contributed by atoms with van der Waals surface area (Å²) < 4.78 is 44.9. The Kier molecular flexibility index (Phi) is 8.73. The number of anilines is 1. The van der Waals surface area contributed by atoms with E-state index in [1.165, 1.54) is 34.9 Å². The molecule has 1 fully saturated rings. The number of unbranched alkanes of at least 4 members (excludes halogenated alkanes) is 2. The highest BCUT2D eigenvalue weighted by Crippen LogP contribution is 2.35. The van der Waals surface area contributed by atoms with E-state index in [0.717, 1.165) is 11.6 Å². The molecule has 0 spiro atoms. The number of halogens is 3. The topological polar surface area (TPSA) is 58.6 Å². The summed E-state index contributed by atoms with van der Waals surface area (Å²) in [6.45, 7) is 0.409. The number of benzene rings is 2. The van der Waals surface area contributed by atoms with Crippen molar-refractivity contribution >= 4 is 51.9 Å². The lowest BCUT2D eigenvalue weighted by atomic mass is 10.1. The molecule has 180 valence electrons. The number of thioether (sulfide) groups is 1. The molecule has 0 radical (unpaired) electrons. The van der Waals surface area contributed by atoms with E-state index < -0.39 is 17.6 Å². The van der Waals surface area contributed by atoms with E-state index in [2.05, 4.69) is 5.32 Å². The number of amides is 2. The van der Waals surface area contributed by atoms with Crippen LogP contribution in [0.25, 0.3) is 6.08 Å². The van der Waals surface area contributed by atoms with Crippen LogP contribution < -0.4 is 10.1 Å². The minimum absolute atomic E-state index is 0.0816. The lowest BCUT2D eigenvalue weighted by Crippen LogP contribution is -2.29. The predicted octanol–water partition coefficient (Wildman–Crippen LogP) is 6.11. The van der Waals surface area contributed by atoms with Gasteiger partial charge in [0.25, 0.3) is 5.91 Å². The summed E-state index contributed by atoms with van der Waals surface area (Å²) in [5.74, 6) is -0.00615. The van der Waals surface area contributed by atoms with Crippen LogP contribution in [0.3, 0.4) is 0 Å². The second kappa shape index (κ2) is 11.5. The zero-order valence-corrected chi connectivity index (χ0v) is 20.0. The highest BCUT2D eigenvalue weighted by atomic mass is 32.2. The summed E-state index contributed by atoms with van der Waals surface area (Å²) in [5, 5.41) is 2.34. The van der Waals surface area contributed by atoms with Gasteiger partial charge in [-0.25, -0.2) is 0 Å². The van der Waals surface area contributed by atoms with E-state index >= 15 is 0 Å². The summed E-state index contributed by atoms with van der Waals surface area (Å²) in [6.07, 6.45) is -0.995. The van der Waals surface area contributed by atoms with Gasteiger partial charge in [-0.1, -0.05) is 60.7 Å². The van der Waals surface area contributed by atoms with Crippen molar-refractivity contribution in [1.82, 2.24) is 4.90 Å². The lowest BCUT2D eigenvalue weighted by Gasteiger charge is -2.15. The van der Waals surface area contributed by atoms with E-state index in [-0.39, 0.29) is 18.0 Å². The minimum Gasteiger partial charge on any atom is -0.496 e. The largest absolute Gasteiger partial charge is 0.496 e. The first-order valence-corrected chi connectivity index (χ1v) is 11.8. The summed E-state index contributed by atoms with van der Waals surface area (Å²) in [4.78, 5) is 26.9.